The van der Waals surface area contributed by atoms with E-state index in [4.69, 9.17) is 5.11 Å². The Labute approximate surface area is 102 Å². The zero-order valence-electron chi connectivity index (χ0n) is 10.0. The Morgan fingerprint density at radius 1 is 1.31 bits per heavy atom. The van der Waals surface area contributed by atoms with Crippen molar-refractivity contribution < 1.29 is 5.11 Å². The van der Waals surface area contributed by atoms with Gasteiger partial charge in [0.15, 0.2) is 0 Å². The number of rotatable bonds is 7. The van der Waals surface area contributed by atoms with Gasteiger partial charge in [0.25, 0.3) is 0 Å². The second kappa shape index (κ2) is 7.71. The molecule has 0 radical (unpaired) electrons. The Morgan fingerprint density at radius 3 is 2.56 bits per heavy atom. The van der Waals surface area contributed by atoms with Crippen LogP contribution in [0.15, 0.2) is 30.3 Å². The van der Waals surface area contributed by atoms with E-state index in [0.29, 0.717) is 11.3 Å². The summed E-state index contributed by atoms with van der Waals surface area (Å²) in [7, 11) is 1.99. The second-order valence-electron chi connectivity index (χ2n) is 3.91. The fraction of sp³-hybridized carbons (Fsp3) is 0.538. The number of aliphatic hydroxyl groups is 1. The molecule has 0 fully saturated rings. The third-order valence-corrected chi connectivity index (χ3v) is 3.96. The number of thioether (sulfide) groups is 1. The average molecular weight is 239 g/mol. The highest BCUT2D eigenvalue weighted by Gasteiger charge is 2.10. The van der Waals surface area contributed by atoms with Gasteiger partial charge in [-0.2, -0.15) is 11.8 Å². The molecule has 0 spiro atoms. The van der Waals surface area contributed by atoms with E-state index in [0.717, 1.165) is 12.2 Å². The van der Waals surface area contributed by atoms with E-state index in [1.54, 1.807) is 0 Å². The van der Waals surface area contributed by atoms with Gasteiger partial charge in [-0.05, 0) is 19.0 Å². The Morgan fingerprint density at radius 2 is 2.00 bits per heavy atom. The van der Waals surface area contributed by atoms with Crippen LogP contribution in [0.1, 0.15) is 24.9 Å². The van der Waals surface area contributed by atoms with Crippen molar-refractivity contribution in [2.45, 2.75) is 24.6 Å². The summed E-state index contributed by atoms with van der Waals surface area (Å²) in [4.78, 5) is 0. The van der Waals surface area contributed by atoms with Gasteiger partial charge in [-0.3, -0.25) is 0 Å². The number of hydrogen-bond donors (Lipinski definition) is 2. The van der Waals surface area contributed by atoms with Crippen LogP contribution in [0.5, 0.6) is 0 Å². The molecule has 0 amide bonds. The van der Waals surface area contributed by atoms with Crippen molar-refractivity contribution in [2.75, 3.05) is 19.4 Å². The summed E-state index contributed by atoms with van der Waals surface area (Å²) in [6, 6.07) is 10.9. The van der Waals surface area contributed by atoms with Crippen molar-refractivity contribution in [3.05, 3.63) is 35.9 Å². The molecule has 2 atom stereocenters. The first-order chi connectivity index (χ1) is 7.77. The predicted molar refractivity (Wildman–Crippen MR) is 71.9 cm³/mol. The summed E-state index contributed by atoms with van der Waals surface area (Å²) in [5.41, 5.74) is 1.33. The van der Waals surface area contributed by atoms with Crippen molar-refractivity contribution in [1.29, 1.82) is 0 Å². The first kappa shape index (κ1) is 13.6. The molecule has 0 aliphatic rings. The van der Waals surface area contributed by atoms with Crippen molar-refractivity contribution in [2.24, 2.45) is 0 Å². The third-order valence-electron chi connectivity index (χ3n) is 2.63. The largest absolute Gasteiger partial charge is 0.396 e. The van der Waals surface area contributed by atoms with Crippen LogP contribution in [0, 0.1) is 0 Å². The number of benzene rings is 1. The summed E-state index contributed by atoms with van der Waals surface area (Å²) in [5, 5.41) is 12.7. The zero-order chi connectivity index (χ0) is 11.8. The minimum atomic E-state index is 0.281. The van der Waals surface area contributed by atoms with E-state index in [1.807, 2.05) is 24.9 Å². The van der Waals surface area contributed by atoms with E-state index in [9.17, 15) is 0 Å². The SMILES string of the molecule is CNC(CSC(C)CCO)c1ccccc1. The Kier molecular flexibility index (Phi) is 6.53. The van der Waals surface area contributed by atoms with Crippen LogP contribution in [0.2, 0.25) is 0 Å². The Bertz CT molecular complexity index is 279. The van der Waals surface area contributed by atoms with Crippen LogP contribution in [-0.2, 0) is 0 Å². The molecular weight excluding hydrogens is 218 g/mol. The first-order valence-electron chi connectivity index (χ1n) is 5.72. The van der Waals surface area contributed by atoms with Gasteiger partial charge in [-0.1, -0.05) is 37.3 Å². The third kappa shape index (κ3) is 4.56. The lowest BCUT2D eigenvalue weighted by atomic mass is 10.1. The fourth-order valence-corrected chi connectivity index (χ4v) is 2.71. The van der Waals surface area contributed by atoms with Crippen molar-refractivity contribution >= 4 is 11.8 Å². The molecule has 0 saturated heterocycles. The maximum absolute atomic E-state index is 8.85. The minimum absolute atomic E-state index is 0.281. The smallest absolute Gasteiger partial charge is 0.0441 e. The van der Waals surface area contributed by atoms with Crippen LogP contribution in [-0.4, -0.2) is 29.8 Å². The summed E-state index contributed by atoms with van der Waals surface area (Å²) in [6.07, 6.45) is 0.871. The maximum Gasteiger partial charge on any atom is 0.0441 e. The van der Waals surface area contributed by atoms with Gasteiger partial charge in [-0.25, -0.2) is 0 Å². The van der Waals surface area contributed by atoms with E-state index in [-0.39, 0.29) is 6.61 Å². The first-order valence-corrected chi connectivity index (χ1v) is 6.77. The van der Waals surface area contributed by atoms with Crippen molar-refractivity contribution in [3.63, 3.8) is 0 Å². The van der Waals surface area contributed by atoms with E-state index < -0.39 is 0 Å². The normalized spacial score (nSPS) is 14.7. The lowest BCUT2D eigenvalue weighted by molar-refractivity contribution is 0.289. The molecule has 0 heterocycles. The standard InChI is InChI=1S/C13H21NOS/c1-11(8-9-15)16-10-13(14-2)12-6-4-3-5-7-12/h3-7,11,13-15H,8-10H2,1-2H3. The molecule has 0 saturated carbocycles. The molecule has 90 valence electrons. The van der Waals surface area contributed by atoms with Gasteiger partial charge in [0.1, 0.15) is 0 Å². The Balaban J connectivity index is 2.44. The lowest BCUT2D eigenvalue weighted by Gasteiger charge is -2.18. The highest BCUT2D eigenvalue weighted by Crippen LogP contribution is 2.22. The molecule has 0 aromatic heterocycles. The maximum atomic E-state index is 8.85. The van der Waals surface area contributed by atoms with E-state index in [2.05, 4.69) is 36.5 Å². The second-order valence-corrected chi connectivity index (χ2v) is 5.38. The fourth-order valence-electron chi connectivity index (χ4n) is 1.56. The molecule has 1 rings (SSSR count). The molecule has 0 aliphatic heterocycles. The summed E-state index contributed by atoms with van der Waals surface area (Å²) in [5.74, 6) is 1.04. The van der Waals surface area contributed by atoms with Gasteiger partial charge < -0.3 is 10.4 Å². The minimum Gasteiger partial charge on any atom is -0.396 e. The van der Waals surface area contributed by atoms with Crippen LogP contribution in [0.3, 0.4) is 0 Å². The topological polar surface area (TPSA) is 32.3 Å². The molecular formula is C13H21NOS. The van der Waals surface area contributed by atoms with E-state index in [1.165, 1.54) is 5.56 Å². The van der Waals surface area contributed by atoms with Crippen molar-refractivity contribution in [3.8, 4) is 0 Å². The molecule has 0 bridgehead atoms. The highest BCUT2D eigenvalue weighted by molar-refractivity contribution is 7.99. The molecule has 0 aliphatic carbocycles. The van der Waals surface area contributed by atoms with Crippen LogP contribution in [0.4, 0.5) is 0 Å². The van der Waals surface area contributed by atoms with Gasteiger partial charge in [-0.15, -0.1) is 0 Å². The van der Waals surface area contributed by atoms with Gasteiger partial charge >= 0.3 is 0 Å². The monoisotopic (exact) mass is 239 g/mol. The van der Waals surface area contributed by atoms with Gasteiger partial charge in [0, 0.05) is 23.7 Å². The zero-order valence-corrected chi connectivity index (χ0v) is 10.8. The molecule has 1 aromatic rings. The molecule has 1 aromatic carbocycles. The van der Waals surface area contributed by atoms with Crippen LogP contribution >= 0.6 is 11.8 Å². The van der Waals surface area contributed by atoms with Crippen molar-refractivity contribution in [1.82, 2.24) is 5.32 Å². The molecule has 2 nitrogen and oxygen atoms in total. The molecule has 3 heteroatoms. The highest BCUT2D eigenvalue weighted by atomic mass is 32.2. The average Bonchev–Trinajstić information content (AvgIpc) is 2.31. The van der Waals surface area contributed by atoms with Gasteiger partial charge in [0.05, 0.1) is 0 Å². The predicted octanol–water partition coefficient (Wildman–Crippen LogP) is 2.45. The van der Waals surface area contributed by atoms with Crippen LogP contribution < -0.4 is 5.32 Å². The molecule has 2 unspecified atom stereocenters. The number of aliphatic hydroxyl groups excluding tert-OH is 1. The number of hydrogen-bond acceptors (Lipinski definition) is 3. The summed E-state index contributed by atoms with van der Waals surface area (Å²) >= 11 is 1.91. The quantitative estimate of drug-likeness (QED) is 0.766. The molecule has 16 heavy (non-hydrogen) atoms. The van der Waals surface area contributed by atoms with Gasteiger partial charge in [0.2, 0.25) is 0 Å². The summed E-state index contributed by atoms with van der Waals surface area (Å²) < 4.78 is 0. The molecule has 2 N–H and O–H groups in total. The van der Waals surface area contributed by atoms with E-state index >= 15 is 0 Å². The van der Waals surface area contributed by atoms with Crippen LogP contribution in [0.25, 0.3) is 0 Å². The number of nitrogens with one attached hydrogen (secondary N) is 1. The Hall–Kier alpha value is -0.510. The summed E-state index contributed by atoms with van der Waals surface area (Å²) in [6.45, 7) is 2.45. The lowest BCUT2D eigenvalue weighted by Crippen LogP contribution is -2.19.